The summed E-state index contributed by atoms with van der Waals surface area (Å²) in [6.45, 7) is 18.8. The van der Waals surface area contributed by atoms with Gasteiger partial charge >= 0.3 is 0 Å². The summed E-state index contributed by atoms with van der Waals surface area (Å²) in [5, 5.41) is 0. The lowest BCUT2D eigenvalue weighted by atomic mass is 9.73. The second-order valence-electron chi connectivity index (χ2n) is 12.0. The molecule has 1 unspecified atom stereocenters. The first-order chi connectivity index (χ1) is 15.0. The van der Waals surface area contributed by atoms with Crippen LogP contribution in [0.15, 0.2) is 60.2 Å². The molecule has 0 heterocycles. The molecular formula is C32H36. The smallest absolute Gasteiger partial charge is 0.0314 e. The van der Waals surface area contributed by atoms with Gasteiger partial charge in [-0.1, -0.05) is 115 Å². The largest absolute Gasteiger partial charge is 0.0619 e. The van der Waals surface area contributed by atoms with Gasteiger partial charge in [-0.25, -0.2) is 0 Å². The molecule has 0 aliphatic heterocycles. The molecule has 2 atom stereocenters. The molecule has 164 valence electrons. The quantitative estimate of drug-likeness (QED) is 0.368. The van der Waals surface area contributed by atoms with E-state index in [4.69, 9.17) is 0 Å². The van der Waals surface area contributed by atoms with Gasteiger partial charge in [0.15, 0.2) is 0 Å². The van der Waals surface area contributed by atoms with E-state index in [9.17, 15) is 0 Å². The summed E-state index contributed by atoms with van der Waals surface area (Å²) < 4.78 is 0. The lowest BCUT2D eigenvalue weighted by Crippen LogP contribution is -2.18. The van der Waals surface area contributed by atoms with E-state index >= 15 is 0 Å². The Morgan fingerprint density at radius 1 is 0.719 bits per heavy atom. The highest BCUT2D eigenvalue weighted by Gasteiger charge is 2.37. The van der Waals surface area contributed by atoms with Gasteiger partial charge in [-0.2, -0.15) is 0 Å². The molecule has 0 spiro atoms. The average molecular weight is 421 g/mol. The van der Waals surface area contributed by atoms with Crippen molar-refractivity contribution in [1.29, 1.82) is 0 Å². The highest BCUT2D eigenvalue weighted by molar-refractivity contribution is 5.86. The second kappa shape index (κ2) is 6.95. The molecular weight excluding hydrogens is 384 g/mol. The average Bonchev–Trinajstić information content (AvgIpc) is 3.20. The Labute approximate surface area is 194 Å². The van der Waals surface area contributed by atoms with E-state index in [-0.39, 0.29) is 10.8 Å². The van der Waals surface area contributed by atoms with Crippen molar-refractivity contribution in [2.24, 2.45) is 0 Å². The summed E-state index contributed by atoms with van der Waals surface area (Å²) >= 11 is 0. The third-order valence-electron chi connectivity index (χ3n) is 7.64. The SMILES string of the molecule is CC1=Cc2ccccc2[C@@H]1c1c(C(C)(C)C)ccc2c1-c1cc(C(C)(C)C)ccc1C2C. The standard InChI is InChI=1S/C32H36/c1-19-17-21-11-9-10-12-25(21)28(19)30-27(32(6,7)8)16-15-24-20(2)23-14-13-22(31(3,4)5)18-26(23)29(24)30/h9-18,20,28H,1-8H3/t20?,28-/m1/s1. The van der Waals surface area contributed by atoms with E-state index in [1.807, 2.05) is 0 Å². The Bertz CT molecular complexity index is 1250. The molecule has 0 bridgehead atoms. The van der Waals surface area contributed by atoms with Crippen molar-refractivity contribution in [1.82, 2.24) is 0 Å². The molecule has 0 aromatic heterocycles. The number of hydrogen-bond donors (Lipinski definition) is 0. The molecule has 0 saturated carbocycles. The summed E-state index contributed by atoms with van der Waals surface area (Å²) in [4.78, 5) is 0. The van der Waals surface area contributed by atoms with Crippen LogP contribution >= 0.6 is 0 Å². The van der Waals surface area contributed by atoms with Crippen LogP contribution in [-0.2, 0) is 10.8 Å². The molecule has 0 heteroatoms. The van der Waals surface area contributed by atoms with Gasteiger partial charge in [-0.05, 0) is 67.8 Å². The molecule has 0 saturated heterocycles. The van der Waals surface area contributed by atoms with Gasteiger partial charge in [0, 0.05) is 11.8 Å². The van der Waals surface area contributed by atoms with Crippen LogP contribution in [0.2, 0.25) is 0 Å². The van der Waals surface area contributed by atoms with E-state index in [0.717, 1.165) is 0 Å². The van der Waals surface area contributed by atoms with Gasteiger partial charge in [-0.15, -0.1) is 0 Å². The van der Waals surface area contributed by atoms with E-state index in [1.54, 1.807) is 0 Å². The van der Waals surface area contributed by atoms with E-state index in [2.05, 4.69) is 116 Å². The zero-order chi connectivity index (χ0) is 23.0. The first-order valence-corrected chi connectivity index (χ1v) is 12.1. The summed E-state index contributed by atoms with van der Waals surface area (Å²) in [6, 6.07) is 21.1. The fourth-order valence-electron chi connectivity index (χ4n) is 5.90. The van der Waals surface area contributed by atoms with Gasteiger partial charge in [0.05, 0.1) is 0 Å². The lowest BCUT2D eigenvalue weighted by Gasteiger charge is -2.30. The van der Waals surface area contributed by atoms with Crippen molar-refractivity contribution in [2.75, 3.05) is 0 Å². The summed E-state index contributed by atoms with van der Waals surface area (Å²) in [5.74, 6) is 0.759. The predicted molar refractivity (Wildman–Crippen MR) is 139 cm³/mol. The number of hydrogen-bond acceptors (Lipinski definition) is 0. The predicted octanol–water partition coefficient (Wildman–Crippen LogP) is 8.96. The number of benzene rings is 3. The van der Waals surface area contributed by atoms with Gasteiger partial charge in [0.25, 0.3) is 0 Å². The molecule has 0 amide bonds. The fourth-order valence-corrected chi connectivity index (χ4v) is 5.90. The first kappa shape index (κ1) is 21.3. The van der Waals surface area contributed by atoms with Gasteiger partial charge in [-0.3, -0.25) is 0 Å². The molecule has 0 fully saturated rings. The van der Waals surface area contributed by atoms with Crippen LogP contribution in [0.4, 0.5) is 0 Å². The minimum absolute atomic E-state index is 0.0792. The van der Waals surface area contributed by atoms with Gasteiger partial charge in [0.1, 0.15) is 0 Å². The van der Waals surface area contributed by atoms with Gasteiger partial charge < -0.3 is 0 Å². The van der Waals surface area contributed by atoms with Crippen LogP contribution in [0, 0.1) is 0 Å². The molecule has 3 aromatic carbocycles. The Morgan fingerprint density at radius 3 is 2.09 bits per heavy atom. The molecule has 3 aromatic rings. The van der Waals surface area contributed by atoms with E-state index in [1.165, 1.54) is 55.6 Å². The number of fused-ring (bicyclic) bond motifs is 4. The van der Waals surface area contributed by atoms with Crippen molar-refractivity contribution in [3.8, 4) is 11.1 Å². The van der Waals surface area contributed by atoms with Crippen molar-refractivity contribution in [3.05, 3.63) is 99.1 Å². The van der Waals surface area contributed by atoms with Crippen LogP contribution in [-0.4, -0.2) is 0 Å². The highest BCUT2D eigenvalue weighted by Crippen LogP contribution is 2.54. The Morgan fingerprint density at radius 2 is 1.41 bits per heavy atom. The third-order valence-corrected chi connectivity index (χ3v) is 7.64. The van der Waals surface area contributed by atoms with Crippen LogP contribution in [0.3, 0.4) is 0 Å². The van der Waals surface area contributed by atoms with Gasteiger partial charge in [0.2, 0.25) is 0 Å². The fraction of sp³-hybridized carbons (Fsp3) is 0.375. The highest BCUT2D eigenvalue weighted by atomic mass is 14.4. The Kier molecular flexibility index (Phi) is 4.61. The minimum Gasteiger partial charge on any atom is -0.0619 e. The third kappa shape index (κ3) is 3.11. The summed E-state index contributed by atoms with van der Waals surface area (Å²) in [5.41, 5.74) is 14.9. The zero-order valence-electron chi connectivity index (χ0n) is 20.9. The minimum atomic E-state index is 0.0792. The van der Waals surface area contributed by atoms with Crippen LogP contribution in [0.1, 0.15) is 106 Å². The van der Waals surface area contributed by atoms with E-state index in [0.29, 0.717) is 11.8 Å². The summed E-state index contributed by atoms with van der Waals surface area (Å²) in [7, 11) is 0. The molecule has 0 N–H and O–H groups in total. The lowest BCUT2D eigenvalue weighted by molar-refractivity contribution is 0.581. The van der Waals surface area contributed by atoms with Crippen molar-refractivity contribution < 1.29 is 0 Å². The maximum absolute atomic E-state index is 2.49. The van der Waals surface area contributed by atoms with Crippen molar-refractivity contribution >= 4 is 6.08 Å². The second-order valence-corrected chi connectivity index (χ2v) is 12.0. The molecule has 0 nitrogen and oxygen atoms in total. The zero-order valence-corrected chi connectivity index (χ0v) is 20.9. The van der Waals surface area contributed by atoms with Crippen LogP contribution in [0.25, 0.3) is 17.2 Å². The van der Waals surface area contributed by atoms with Crippen LogP contribution in [0.5, 0.6) is 0 Å². The Balaban J connectivity index is 1.87. The summed E-state index contributed by atoms with van der Waals surface area (Å²) in [6.07, 6.45) is 2.40. The maximum Gasteiger partial charge on any atom is 0.0314 e. The molecule has 2 aliphatic carbocycles. The molecule has 32 heavy (non-hydrogen) atoms. The number of rotatable bonds is 1. The monoisotopic (exact) mass is 420 g/mol. The van der Waals surface area contributed by atoms with Crippen LogP contribution < -0.4 is 0 Å². The topological polar surface area (TPSA) is 0 Å². The molecule has 2 aliphatic rings. The molecule has 0 radical (unpaired) electrons. The Hall–Kier alpha value is -2.60. The van der Waals surface area contributed by atoms with Crippen molar-refractivity contribution in [2.45, 2.75) is 78.1 Å². The number of allylic oxidation sites excluding steroid dienone is 1. The first-order valence-electron chi connectivity index (χ1n) is 12.1. The molecule has 5 rings (SSSR count). The van der Waals surface area contributed by atoms with Crippen molar-refractivity contribution in [3.63, 3.8) is 0 Å². The normalized spacial score (nSPS) is 19.4. The maximum atomic E-state index is 2.49. The van der Waals surface area contributed by atoms with E-state index < -0.39 is 0 Å².